The first kappa shape index (κ1) is 11.0. The van der Waals surface area contributed by atoms with Crippen molar-refractivity contribution in [1.29, 1.82) is 0 Å². The van der Waals surface area contributed by atoms with Crippen molar-refractivity contribution in [2.24, 2.45) is 0 Å². The second-order valence-corrected chi connectivity index (χ2v) is 4.51. The smallest absolute Gasteiger partial charge is 0.336 e. The Kier molecular flexibility index (Phi) is 2.59. The van der Waals surface area contributed by atoms with Crippen molar-refractivity contribution in [3.05, 3.63) is 30.0 Å². The molecule has 1 saturated carbocycles. The molecule has 0 atom stereocenters. The van der Waals surface area contributed by atoms with Crippen molar-refractivity contribution < 1.29 is 9.90 Å². The Morgan fingerprint density at radius 3 is 2.89 bits per heavy atom. The summed E-state index contributed by atoms with van der Waals surface area (Å²) in [5, 5.41) is 12.9. The SMILES string of the molecule is O=C(O)c1cccc2nc(NC3CCC3)ncc12. The molecule has 0 aliphatic heterocycles. The van der Waals surface area contributed by atoms with Crippen LogP contribution in [0.4, 0.5) is 5.95 Å². The Morgan fingerprint density at radius 2 is 2.22 bits per heavy atom. The predicted molar refractivity (Wildman–Crippen MR) is 67.8 cm³/mol. The molecular weight excluding hydrogens is 230 g/mol. The molecule has 0 bridgehead atoms. The Labute approximate surface area is 104 Å². The van der Waals surface area contributed by atoms with Gasteiger partial charge in [0.1, 0.15) is 0 Å². The third-order valence-corrected chi connectivity index (χ3v) is 3.29. The number of fused-ring (bicyclic) bond motifs is 1. The molecule has 1 heterocycles. The normalized spacial score (nSPS) is 15.3. The van der Waals surface area contributed by atoms with Crippen molar-refractivity contribution in [3.63, 3.8) is 0 Å². The maximum Gasteiger partial charge on any atom is 0.336 e. The Morgan fingerprint density at radius 1 is 1.39 bits per heavy atom. The second-order valence-electron chi connectivity index (χ2n) is 4.51. The Hall–Kier alpha value is -2.17. The number of nitrogens with one attached hydrogen (secondary N) is 1. The molecule has 5 nitrogen and oxygen atoms in total. The number of carboxylic acids is 1. The minimum atomic E-state index is -0.955. The molecule has 92 valence electrons. The third kappa shape index (κ3) is 1.88. The maximum absolute atomic E-state index is 11.1. The molecule has 1 aliphatic carbocycles. The van der Waals surface area contributed by atoms with Crippen molar-refractivity contribution in [1.82, 2.24) is 9.97 Å². The highest BCUT2D eigenvalue weighted by Gasteiger charge is 2.18. The predicted octanol–water partition coefficient (Wildman–Crippen LogP) is 2.29. The largest absolute Gasteiger partial charge is 0.478 e. The minimum absolute atomic E-state index is 0.239. The van der Waals surface area contributed by atoms with Crippen molar-refractivity contribution in [2.75, 3.05) is 5.32 Å². The lowest BCUT2D eigenvalue weighted by Gasteiger charge is -2.26. The zero-order valence-electron chi connectivity index (χ0n) is 9.76. The molecule has 0 unspecified atom stereocenters. The summed E-state index contributed by atoms with van der Waals surface area (Å²) >= 11 is 0. The average Bonchev–Trinajstić information content (AvgIpc) is 2.32. The number of anilines is 1. The van der Waals surface area contributed by atoms with Gasteiger partial charge >= 0.3 is 5.97 Å². The Bertz CT molecular complexity index is 608. The molecule has 3 rings (SSSR count). The number of aromatic nitrogens is 2. The molecule has 2 N–H and O–H groups in total. The topological polar surface area (TPSA) is 75.1 Å². The van der Waals surface area contributed by atoms with Crippen LogP contribution in [0.1, 0.15) is 29.6 Å². The highest BCUT2D eigenvalue weighted by molar-refractivity contribution is 6.02. The summed E-state index contributed by atoms with van der Waals surface area (Å²) in [6.07, 6.45) is 5.12. The summed E-state index contributed by atoms with van der Waals surface area (Å²) in [6, 6.07) is 5.53. The summed E-state index contributed by atoms with van der Waals surface area (Å²) in [5.74, 6) is -0.376. The van der Waals surface area contributed by atoms with Gasteiger partial charge < -0.3 is 10.4 Å². The Balaban J connectivity index is 1.99. The first-order chi connectivity index (χ1) is 8.74. The number of benzene rings is 1. The highest BCUT2D eigenvalue weighted by Crippen LogP contribution is 2.23. The second kappa shape index (κ2) is 4.25. The molecule has 2 aromatic rings. The van der Waals surface area contributed by atoms with Crippen LogP contribution in [0.25, 0.3) is 10.9 Å². The molecule has 0 saturated heterocycles. The van der Waals surface area contributed by atoms with Gasteiger partial charge in [-0.25, -0.2) is 14.8 Å². The van der Waals surface area contributed by atoms with Crippen LogP contribution in [0.2, 0.25) is 0 Å². The number of aromatic carboxylic acids is 1. The van der Waals surface area contributed by atoms with Gasteiger partial charge in [-0.05, 0) is 31.4 Å². The fourth-order valence-corrected chi connectivity index (χ4v) is 2.05. The van der Waals surface area contributed by atoms with Crippen LogP contribution in [0, 0.1) is 0 Å². The van der Waals surface area contributed by atoms with Gasteiger partial charge in [0.15, 0.2) is 0 Å². The van der Waals surface area contributed by atoms with E-state index in [-0.39, 0.29) is 5.56 Å². The fraction of sp³-hybridized carbons (Fsp3) is 0.308. The van der Waals surface area contributed by atoms with E-state index in [4.69, 9.17) is 5.11 Å². The standard InChI is InChI=1S/C13H13N3O2/c17-12(18)9-5-2-6-11-10(9)7-14-13(16-11)15-8-3-1-4-8/h2,5-8H,1,3-4H2,(H,17,18)(H,14,15,16). The monoisotopic (exact) mass is 243 g/mol. The van der Waals surface area contributed by atoms with Gasteiger partial charge in [0.2, 0.25) is 5.95 Å². The van der Waals surface area contributed by atoms with E-state index in [1.807, 2.05) is 0 Å². The summed E-state index contributed by atoms with van der Waals surface area (Å²) < 4.78 is 0. The van der Waals surface area contributed by atoms with Crippen molar-refractivity contribution in [2.45, 2.75) is 25.3 Å². The lowest BCUT2D eigenvalue weighted by molar-refractivity contribution is 0.0699. The van der Waals surface area contributed by atoms with Crippen LogP contribution in [-0.2, 0) is 0 Å². The average molecular weight is 243 g/mol. The van der Waals surface area contributed by atoms with Gasteiger partial charge in [-0.2, -0.15) is 0 Å². The van der Waals surface area contributed by atoms with Gasteiger partial charge in [0.25, 0.3) is 0 Å². The van der Waals surface area contributed by atoms with E-state index in [0.717, 1.165) is 12.8 Å². The van der Waals surface area contributed by atoms with Gasteiger partial charge in [0.05, 0.1) is 11.1 Å². The lowest BCUT2D eigenvalue weighted by atomic mass is 9.93. The minimum Gasteiger partial charge on any atom is -0.478 e. The van der Waals surface area contributed by atoms with Crippen LogP contribution < -0.4 is 5.32 Å². The van der Waals surface area contributed by atoms with E-state index in [2.05, 4.69) is 15.3 Å². The molecule has 1 aliphatic rings. The van der Waals surface area contributed by atoms with E-state index >= 15 is 0 Å². The number of hydrogen-bond acceptors (Lipinski definition) is 4. The van der Waals surface area contributed by atoms with Gasteiger partial charge in [-0.15, -0.1) is 0 Å². The van der Waals surface area contributed by atoms with Crippen molar-refractivity contribution >= 4 is 22.8 Å². The molecule has 5 heteroatoms. The molecular formula is C13H13N3O2. The summed E-state index contributed by atoms with van der Waals surface area (Å²) in [7, 11) is 0. The van der Waals surface area contributed by atoms with E-state index in [1.54, 1.807) is 24.4 Å². The number of hydrogen-bond donors (Lipinski definition) is 2. The van der Waals surface area contributed by atoms with Crippen LogP contribution in [0.3, 0.4) is 0 Å². The number of carbonyl (C=O) groups is 1. The van der Waals surface area contributed by atoms with Gasteiger partial charge in [-0.1, -0.05) is 6.07 Å². The van der Waals surface area contributed by atoms with Gasteiger partial charge in [-0.3, -0.25) is 0 Å². The van der Waals surface area contributed by atoms with E-state index in [9.17, 15) is 4.79 Å². The maximum atomic E-state index is 11.1. The zero-order valence-corrected chi connectivity index (χ0v) is 9.76. The van der Waals surface area contributed by atoms with E-state index in [0.29, 0.717) is 22.9 Å². The van der Waals surface area contributed by atoms with Crippen LogP contribution in [0.15, 0.2) is 24.4 Å². The molecule has 0 radical (unpaired) electrons. The van der Waals surface area contributed by atoms with Crippen LogP contribution >= 0.6 is 0 Å². The molecule has 18 heavy (non-hydrogen) atoms. The molecule has 0 spiro atoms. The molecule has 1 aromatic carbocycles. The molecule has 1 fully saturated rings. The first-order valence-corrected chi connectivity index (χ1v) is 5.99. The number of nitrogens with zero attached hydrogens (tertiary/aromatic N) is 2. The number of carboxylic acid groups (broad SMARTS) is 1. The number of rotatable bonds is 3. The van der Waals surface area contributed by atoms with Crippen molar-refractivity contribution in [3.8, 4) is 0 Å². The van der Waals surface area contributed by atoms with E-state index < -0.39 is 5.97 Å². The lowest BCUT2D eigenvalue weighted by Crippen LogP contribution is -2.27. The summed E-state index contributed by atoms with van der Waals surface area (Å²) in [5.41, 5.74) is 0.898. The third-order valence-electron chi connectivity index (χ3n) is 3.29. The molecule has 1 aromatic heterocycles. The molecule has 0 amide bonds. The van der Waals surface area contributed by atoms with Gasteiger partial charge in [0, 0.05) is 17.6 Å². The van der Waals surface area contributed by atoms with Crippen LogP contribution in [-0.4, -0.2) is 27.1 Å². The first-order valence-electron chi connectivity index (χ1n) is 5.99. The quantitative estimate of drug-likeness (QED) is 0.865. The van der Waals surface area contributed by atoms with E-state index in [1.165, 1.54) is 6.42 Å². The highest BCUT2D eigenvalue weighted by atomic mass is 16.4. The zero-order chi connectivity index (χ0) is 12.5. The van der Waals surface area contributed by atoms with Crippen LogP contribution in [0.5, 0.6) is 0 Å². The summed E-state index contributed by atoms with van der Waals surface area (Å²) in [6.45, 7) is 0. The summed E-state index contributed by atoms with van der Waals surface area (Å²) in [4.78, 5) is 19.6. The fourth-order valence-electron chi connectivity index (χ4n) is 2.05.